The van der Waals surface area contributed by atoms with Crippen LogP contribution in [0.4, 0.5) is 8.78 Å². The lowest BCUT2D eigenvalue weighted by atomic mass is 9.86. The van der Waals surface area contributed by atoms with Gasteiger partial charge in [-0.3, -0.25) is 4.79 Å². The molecule has 0 bridgehead atoms. The fourth-order valence-electron chi connectivity index (χ4n) is 2.88. The van der Waals surface area contributed by atoms with Crippen molar-refractivity contribution >= 4 is 16.2 Å². The van der Waals surface area contributed by atoms with Crippen molar-refractivity contribution in [2.24, 2.45) is 0 Å². The van der Waals surface area contributed by atoms with Gasteiger partial charge in [-0.1, -0.05) is 6.07 Å². The van der Waals surface area contributed by atoms with Gasteiger partial charge >= 0.3 is 5.97 Å². The fourth-order valence-corrected chi connectivity index (χ4v) is 4.02. The molecule has 0 radical (unpaired) electrons. The zero-order chi connectivity index (χ0) is 19.3. The molecule has 26 heavy (non-hydrogen) atoms. The van der Waals surface area contributed by atoms with Crippen molar-refractivity contribution in [2.75, 3.05) is 33.8 Å². The Morgan fingerprint density at radius 2 is 2.12 bits per heavy atom. The Labute approximate surface area is 151 Å². The molecule has 2 atom stereocenters. The van der Waals surface area contributed by atoms with E-state index in [0.717, 1.165) is 16.4 Å². The first kappa shape index (κ1) is 20.7. The lowest BCUT2D eigenvalue weighted by Gasteiger charge is -2.34. The Hall–Kier alpha value is -1.62. The highest BCUT2D eigenvalue weighted by Gasteiger charge is 2.32. The van der Waals surface area contributed by atoms with Gasteiger partial charge in [-0.15, -0.1) is 0 Å². The molecule has 1 aliphatic rings. The maximum absolute atomic E-state index is 13.6. The molecule has 10 heteroatoms. The van der Waals surface area contributed by atoms with E-state index in [1.807, 2.05) is 0 Å². The summed E-state index contributed by atoms with van der Waals surface area (Å²) in [5, 5.41) is 3.09. The van der Waals surface area contributed by atoms with E-state index in [-0.39, 0.29) is 18.9 Å². The number of piperidine rings is 1. The average molecular weight is 391 g/mol. The largest absolute Gasteiger partial charge is 0.469 e. The van der Waals surface area contributed by atoms with Gasteiger partial charge in [-0.05, 0) is 30.7 Å². The summed E-state index contributed by atoms with van der Waals surface area (Å²) >= 11 is 0. The van der Waals surface area contributed by atoms with Gasteiger partial charge in [0, 0.05) is 32.1 Å². The molecule has 1 heterocycles. The molecule has 0 saturated carbocycles. The molecule has 1 saturated heterocycles. The number of nitrogens with zero attached hydrogens (tertiary/aromatic N) is 1. The summed E-state index contributed by atoms with van der Waals surface area (Å²) in [6, 6.07) is 3.09. The van der Waals surface area contributed by atoms with E-state index < -0.39 is 33.9 Å². The number of carbonyl (C=O) groups excluding carboxylic acids is 1. The zero-order valence-corrected chi connectivity index (χ0v) is 15.5. The molecule has 0 spiro atoms. The first-order valence-electron chi connectivity index (χ1n) is 8.20. The molecule has 1 aliphatic heterocycles. The minimum Gasteiger partial charge on any atom is -0.469 e. The quantitative estimate of drug-likeness (QED) is 0.670. The van der Waals surface area contributed by atoms with Crippen LogP contribution in [0.15, 0.2) is 18.2 Å². The van der Waals surface area contributed by atoms with E-state index in [0.29, 0.717) is 25.1 Å². The minimum atomic E-state index is -3.86. The maximum atomic E-state index is 13.6. The molecule has 1 aromatic rings. The maximum Gasteiger partial charge on any atom is 0.306 e. The van der Waals surface area contributed by atoms with Gasteiger partial charge in [-0.25, -0.2) is 8.78 Å². The molecule has 7 nitrogen and oxygen atoms in total. The number of carbonyl (C=O) groups is 1. The van der Waals surface area contributed by atoms with Gasteiger partial charge in [-0.2, -0.15) is 17.4 Å². The monoisotopic (exact) mass is 391 g/mol. The SMILES string of the molecule is COC(=O)CCN(C)S(=O)(=O)NC1CNCCC1c1ccc(F)c(F)c1. The molecule has 1 fully saturated rings. The summed E-state index contributed by atoms with van der Waals surface area (Å²) in [6.07, 6.45) is 0.508. The molecule has 1 aromatic carbocycles. The van der Waals surface area contributed by atoms with Crippen LogP contribution in [0.25, 0.3) is 0 Å². The van der Waals surface area contributed by atoms with Gasteiger partial charge in [0.15, 0.2) is 11.6 Å². The van der Waals surface area contributed by atoms with E-state index in [9.17, 15) is 22.0 Å². The molecule has 0 aromatic heterocycles. The first-order valence-corrected chi connectivity index (χ1v) is 9.64. The van der Waals surface area contributed by atoms with Crippen LogP contribution in [-0.4, -0.2) is 58.5 Å². The van der Waals surface area contributed by atoms with E-state index >= 15 is 0 Å². The fraction of sp³-hybridized carbons (Fsp3) is 0.562. The second kappa shape index (κ2) is 8.85. The second-order valence-electron chi connectivity index (χ2n) is 6.15. The third-order valence-electron chi connectivity index (χ3n) is 4.42. The van der Waals surface area contributed by atoms with Crippen molar-refractivity contribution in [3.8, 4) is 0 Å². The van der Waals surface area contributed by atoms with E-state index in [1.165, 1.54) is 20.2 Å². The third-order valence-corrected chi connectivity index (χ3v) is 6.03. The average Bonchev–Trinajstić information content (AvgIpc) is 2.61. The van der Waals surface area contributed by atoms with Gasteiger partial charge in [0.2, 0.25) is 0 Å². The second-order valence-corrected chi connectivity index (χ2v) is 7.96. The van der Waals surface area contributed by atoms with E-state index in [1.54, 1.807) is 0 Å². The predicted octanol–water partition coefficient (Wildman–Crippen LogP) is 0.740. The Morgan fingerprint density at radius 1 is 1.38 bits per heavy atom. The normalized spacial score (nSPS) is 21.0. The van der Waals surface area contributed by atoms with Crippen LogP contribution in [-0.2, 0) is 19.7 Å². The zero-order valence-electron chi connectivity index (χ0n) is 14.7. The molecule has 0 aliphatic carbocycles. The highest BCUT2D eigenvalue weighted by atomic mass is 32.2. The van der Waals surface area contributed by atoms with Crippen LogP contribution in [0, 0.1) is 11.6 Å². The van der Waals surface area contributed by atoms with Gasteiger partial charge in [0.05, 0.1) is 13.5 Å². The van der Waals surface area contributed by atoms with Crippen molar-refractivity contribution < 1.29 is 26.7 Å². The number of nitrogens with one attached hydrogen (secondary N) is 2. The Kier molecular flexibility index (Phi) is 7.04. The molecule has 0 amide bonds. The van der Waals surface area contributed by atoms with Crippen molar-refractivity contribution in [2.45, 2.75) is 24.8 Å². The van der Waals surface area contributed by atoms with Gasteiger partial charge in [0.25, 0.3) is 10.2 Å². The summed E-state index contributed by atoms with van der Waals surface area (Å²) in [6.45, 7) is 0.964. The van der Waals surface area contributed by atoms with E-state index in [2.05, 4.69) is 14.8 Å². The number of halogens is 2. The van der Waals surface area contributed by atoms with Gasteiger partial charge < -0.3 is 10.1 Å². The topological polar surface area (TPSA) is 87.7 Å². The van der Waals surface area contributed by atoms with Crippen LogP contribution < -0.4 is 10.0 Å². The number of methoxy groups -OCH3 is 1. The van der Waals surface area contributed by atoms with Crippen LogP contribution >= 0.6 is 0 Å². The molecule has 2 N–H and O–H groups in total. The number of esters is 1. The van der Waals surface area contributed by atoms with Crippen molar-refractivity contribution in [1.29, 1.82) is 0 Å². The van der Waals surface area contributed by atoms with Crippen molar-refractivity contribution in [1.82, 2.24) is 14.3 Å². The number of ether oxygens (including phenoxy) is 1. The first-order chi connectivity index (χ1) is 12.2. The summed E-state index contributed by atoms with van der Waals surface area (Å²) < 4.78 is 59.8. The lowest BCUT2D eigenvalue weighted by molar-refractivity contribution is -0.140. The molecular weight excluding hydrogens is 368 g/mol. The number of hydrogen-bond acceptors (Lipinski definition) is 5. The van der Waals surface area contributed by atoms with Crippen LogP contribution in [0.3, 0.4) is 0 Å². The summed E-state index contributed by atoms with van der Waals surface area (Å²) in [7, 11) is -1.27. The van der Waals surface area contributed by atoms with Crippen LogP contribution in [0.2, 0.25) is 0 Å². The highest BCUT2D eigenvalue weighted by Crippen LogP contribution is 2.27. The predicted molar refractivity (Wildman–Crippen MR) is 91.7 cm³/mol. The molecule has 2 rings (SSSR count). The molecular formula is C16H23F2N3O4S. The van der Waals surface area contributed by atoms with E-state index in [4.69, 9.17) is 0 Å². The standard InChI is InChI=1S/C16H23F2N3O4S/c1-21(8-6-16(22)25-2)26(23,24)20-15-10-19-7-5-12(15)11-3-4-13(17)14(18)9-11/h3-4,9,12,15,19-20H,5-8,10H2,1-2H3. The highest BCUT2D eigenvalue weighted by molar-refractivity contribution is 7.87. The molecule has 2 unspecified atom stereocenters. The van der Waals surface area contributed by atoms with Gasteiger partial charge in [0.1, 0.15) is 0 Å². The Balaban J connectivity index is 2.11. The van der Waals surface area contributed by atoms with Crippen molar-refractivity contribution in [3.63, 3.8) is 0 Å². The minimum absolute atomic E-state index is 0.0298. The smallest absolute Gasteiger partial charge is 0.306 e. The lowest BCUT2D eigenvalue weighted by Crippen LogP contribution is -2.53. The number of benzene rings is 1. The van der Waals surface area contributed by atoms with Crippen molar-refractivity contribution in [3.05, 3.63) is 35.4 Å². The summed E-state index contributed by atoms with van der Waals surface area (Å²) in [4.78, 5) is 11.2. The molecule has 146 valence electrons. The number of rotatable bonds is 7. The third kappa shape index (κ3) is 5.19. The Bertz CT molecular complexity index is 745. The summed E-state index contributed by atoms with van der Waals surface area (Å²) in [5.41, 5.74) is 0.537. The summed E-state index contributed by atoms with van der Waals surface area (Å²) in [5.74, 6) is -2.71. The Morgan fingerprint density at radius 3 is 2.77 bits per heavy atom. The van der Waals surface area contributed by atoms with Crippen LogP contribution in [0.5, 0.6) is 0 Å². The number of hydrogen-bond donors (Lipinski definition) is 2. The van der Waals surface area contributed by atoms with Crippen LogP contribution in [0.1, 0.15) is 24.3 Å².